The number of anilines is 2. The number of para-hydroxylation sites is 1. The van der Waals surface area contributed by atoms with E-state index in [4.69, 9.17) is 4.74 Å². The molecule has 6 heteroatoms. The first-order valence-corrected chi connectivity index (χ1v) is 8.13. The highest BCUT2D eigenvalue weighted by Gasteiger charge is 2.18. The molecular formula is C18H15BrN2O3. The molecular weight excluding hydrogens is 372 g/mol. The van der Waals surface area contributed by atoms with Crippen molar-refractivity contribution in [2.24, 2.45) is 0 Å². The Morgan fingerprint density at radius 2 is 1.88 bits per heavy atom. The molecule has 1 aliphatic rings. The third kappa shape index (κ3) is 3.65. The summed E-state index contributed by atoms with van der Waals surface area (Å²) in [5.41, 5.74) is 2.44. The van der Waals surface area contributed by atoms with Crippen LogP contribution in [0.25, 0.3) is 6.08 Å². The second kappa shape index (κ2) is 6.88. The summed E-state index contributed by atoms with van der Waals surface area (Å²) in [6, 6.07) is 12.8. The van der Waals surface area contributed by atoms with Crippen LogP contribution in [-0.2, 0) is 9.59 Å². The Morgan fingerprint density at radius 1 is 1.08 bits per heavy atom. The number of nitrogens with one attached hydrogen (secondary N) is 2. The summed E-state index contributed by atoms with van der Waals surface area (Å²) in [5.74, 6) is 0.284. The minimum atomic E-state index is -0.269. The number of rotatable bonds is 3. The van der Waals surface area contributed by atoms with Crippen molar-refractivity contribution >= 4 is 45.2 Å². The SMILES string of the molecule is CC(=O)Nc1ccc(Br)cc1NC(=O)C1=Cc2ccccc2OC1. The van der Waals surface area contributed by atoms with Gasteiger partial charge in [-0.25, -0.2) is 0 Å². The zero-order chi connectivity index (χ0) is 17.1. The molecule has 1 heterocycles. The second-order valence-electron chi connectivity index (χ2n) is 5.32. The Bertz CT molecular complexity index is 846. The maximum Gasteiger partial charge on any atom is 0.255 e. The van der Waals surface area contributed by atoms with Gasteiger partial charge in [0.1, 0.15) is 12.4 Å². The number of hydrogen-bond donors (Lipinski definition) is 2. The summed E-state index contributed by atoms with van der Waals surface area (Å²) in [4.78, 5) is 23.8. The molecule has 3 rings (SSSR count). The van der Waals surface area contributed by atoms with Gasteiger partial charge in [0.2, 0.25) is 5.91 Å². The van der Waals surface area contributed by atoms with E-state index in [2.05, 4.69) is 26.6 Å². The molecule has 2 N–H and O–H groups in total. The van der Waals surface area contributed by atoms with Gasteiger partial charge in [0, 0.05) is 17.0 Å². The third-order valence-corrected chi connectivity index (χ3v) is 3.96. The number of amides is 2. The molecule has 5 nitrogen and oxygen atoms in total. The normalized spacial score (nSPS) is 12.5. The first-order valence-electron chi connectivity index (χ1n) is 7.34. The van der Waals surface area contributed by atoms with Crippen LogP contribution in [0.3, 0.4) is 0 Å². The maximum atomic E-state index is 12.5. The van der Waals surface area contributed by atoms with E-state index in [-0.39, 0.29) is 18.4 Å². The van der Waals surface area contributed by atoms with Gasteiger partial charge in [0.15, 0.2) is 0 Å². The lowest BCUT2D eigenvalue weighted by molar-refractivity contribution is -0.114. The van der Waals surface area contributed by atoms with E-state index in [1.54, 1.807) is 18.2 Å². The largest absolute Gasteiger partial charge is 0.488 e. The van der Waals surface area contributed by atoms with Crippen molar-refractivity contribution in [2.45, 2.75) is 6.92 Å². The lowest BCUT2D eigenvalue weighted by Crippen LogP contribution is -2.22. The standard InChI is InChI=1S/C18H15BrN2O3/c1-11(22)20-15-7-6-14(19)9-16(15)21-18(23)13-8-12-4-2-3-5-17(12)24-10-13/h2-9H,10H2,1H3,(H,20,22)(H,21,23). The van der Waals surface area contributed by atoms with Crippen LogP contribution in [0.1, 0.15) is 12.5 Å². The molecule has 0 unspecified atom stereocenters. The Labute approximate surface area is 147 Å². The highest BCUT2D eigenvalue weighted by molar-refractivity contribution is 9.10. The summed E-state index contributed by atoms with van der Waals surface area (Å²) in [6.07, 6.45) is 1.81. The smallest absolute Gasteiger partial charge is 0.255 e. The fraction of sp³-hybridized carbons (Fsp3) is 0.111. The predicted octanol–water partition coefficient (Wildman–Crippen LogP) is 3.82. The average Bonchev–Trinajstić information content (AvgIpc) is 2.56. The van der Waals surface area contributed by atoms with Crippen LogP contribution >= 0.6 is 15.9 Å². The molecule has 122 valence electrons. The number of hydrogen-bond acceptors (Lipinski definition) is 3. The molecule has 0 aromatic heterocycles. The number of ether oxygens (including phenoxy) is 1. The van der Waals surface area contributed by atoms with Crippen LogP contribution in [0, 0.1) is 0 Å². The van der Waals surface area contributed by atoms with Gasteiger partial charge in [-0.1, -0.05) is 34.1 Å². The molecule has 2 aromatic rings. The van der Waals surface area contributed by atoms with Crippen molar-refractivity contribution in [1.29, 1.82) is 0 Å². The van der Waals surface area contributed by atoms with Crippen LogP contribution in [0.5, 0.6) is 5.75 Å². The summed E-state index contributed by atoms with van der Waals surface area (Å²) in [7, 11) is 0. The van der Waals surface area contributed by atoms with Crippen LogP contribution < -0.4 is 15.4 Å². The van der Waals surface area contributed by atoms with Gasteiger partial charge in [0.25, 0.3) is 5.91 Å². The minimum Gasteiger partial charge on any atom is -0.488 e. The second-order valence-corrected chi connectivity index (χ2v) is 6.24. The molecule has 0 spiro atoms. The van der Waals surface area contributed by atoms with Gasteiger partial charge in [-0.2, -0.15) is 0 Å². The quantitative estimate of drug-likeness (QED) is 0.842. The van der Waals surface area contributed by atoms with Crippen molar-refractivity contribution < 1.29 is 14.3 Å². The van der Waals surface area contributed by atoms with Crippen molar-refractivity contribution in [3.05, 3.63) is 58.1 Å². The number of fused-ring (bicyclic) bond motifs is 1. The summed E-state index contributed by atoms with van der Waals surface area (Å²) >= 11 is 3.37. The van der Waals surface area contributed by atoms with Gasteiger partial charge in [-0.05, 0) is 30.3 Å². The Hall–Kier alpha value is -2.60. The average molecular weight is 387 g/mol. The van der Waals surface area contributed by atoms with E-state index in [0.717, 1.165) is 15.8 Å². The monoisotopic (exact) mass is 386 g/mol. The maximum absolute atomic E-state index is 12.5. The molecule has 2 amide bonds. The number of benzene rings is 2. The van der Waals surface area contributed by atoms with Crippen molar-refractivity contribution in [2.75, 3.05) is 17.2 Å². The molecule has 1 aliphatic heterocycles. The zero-order valence-electron chi connectivity index (χ0n) is 12.9. The highest BCUT2D eigenvalue weighted by atomic mass is 79.9. The lowest BCUT2D eigenvalue weighted by atomic mass is 10.1. The van der Waals surface area contributed by atoms with Crippen LogP contribution in [0.15, 0.2) is 52.5 Å². The molecule has 0 saturated heterocycles. The fourth-order valence-corrected chi connectivity index (χ4v) is 2.73. The zero-order valence-corrected chi connectivity index (χ0v) is 14.5. The summed E-state index contributed by atoms with van der Waals surface area (Å²) in [5, 5.41) is 5.52. The number of halogens is 1. The van der Waals surface area contributed by atoms with Crippen LogP contribution in [0.2, 0.25) is 0 Å². The molecule has 0 radical (unpaired) electrons. The Morgan fingerprint density at radius 3 is 2.67 bits per heavy atom. The van der Waals surface area contributed by atoms with Crippen LogP contribution in [0.4, 0.5) is 11.4 Å². The van der Waals surface area contributed by atoms with Crippen LogP contribution in [-0.4, -0.2) is 18.4 Å². The Balaban J connectivity index is 1.84. The van der Waals surface area contributed by atoms with E-state index in [1.807, 2.05) is 30.3 Å². The van der Waals surface area contributed by atoms with Crippen molar-refractivity contribution in [3.63, 3.8) is 0 Å². The van der Waals surface area contributed by atoms with E-state index in [0.29, 0.717) is 16.9 Å². The van der Waals surface area contributed by atoms with Gasteiger partial charge in [0.05, 0.1) is 16.9 Å². The van der Waals surface area contributed by atoms with E-state index in [9.17, 15) is 9.59 Å². The van der Waals surface area contributed by atoms with E-state index in [1.165, 1.54) is 6.92 Å². The van der Waals surface area contributed by atoms with Crippen molar-refractivity contribution in [3.8, 4) is 5.75 Å². The third-order valence-electron chi connectivity index (χ3n) is 3.46. The molecule has 0 saturated carbocycles. The highest BCUT2D eigenvalue weighted by Crippen LogP contribution is 2.29. The topological polar surface area (TPSA) is 67.4 Å². The molecule has 0 bridgehead atoms. The molecule has 0 atom stereocenters. The summed E-state index contributed by atoms with van der Waals surface area (Å²) in [6.45, 7) is 1.62. The van der Waals surface area contributed by atoms with Gasteiger partial charge >= 0.3 is 0 Å². The molecule has 0 fully saturated rings. The van der Waals surface area contributed by atoms with Gasteiger partial charge in [-0.3, -0.25) is 9.59 Å². The first kappa shape index (κ1) is 16.3. The molecule has 2 aromatic carbocycles. The fourth-order valence-electron chi connectivity index (χ4n) is 2.37. The lowest BCUT2D eigenvalue weighted by Gasteiger charge is -2.18. The molecule has 0 aliphatic carbocycles. The van der Waals surface area contributed by atoms with E-state index < -0.39 is 0 Å². The summed E-state index contributed by atoms with van der Waals surface area (Å²) < 4.78 is 6.40. The number of carbonyl (C=O) groups excluding carboxylic acids is 2. The predicted molar refractivity (Wildman–Crippen MR) is 97.0 cm³/mol. The van der Waals surface area contributed by atoms with Gasteiger partial charge in [-0.15, -0.1) is 0 Å². The first-order chi connectivity index (χ1) is 11.5. The Kier molecular flexibility index (Phi) is 4.66. The minimum absolute atomic E-state index is 0.201. The number of carbonyl (C=O) groups is 2. The molecule has 24 heavy (non-hydrogen) atoms. The van der Waals surface area contributed by atoms with E-state index >= 15 is 0 Å². The van der Waals surface area contributed by atoms with Gasteiger partial charge < -0.3 is 15.4 Å². The van der Waals surface area contributed by atoms with Crippen molar-refractivity contribution in [1.82, 2.24) is 0 Å².